The van der Waals surface area contributed by atoms with Crippen molar-refractivity contribution in [1.29, 1.82) is 0 Å². The lowest BCUT2D eigenvalue weighted by atomic mass is 9.88. The molecule has 0 bridgehead atoms. The standard InChI is InChI=1S/C15H22O/c1-6-12(3)14-8-7-11(2)9-13(14)10-15(4,5)16/h6-9,12,16H,1,10H2,2-5H3. The highest BCUT2D eigenvalue weighted by molar-refractivity contribution is 5.36. The fourth-order valence-corrected chi connectivity index (χ4v) is 1.92. The van der Waals surface area contributed by atoms with Crippen molar-refractivity contribution in [3.05, 3.63) is 47.5 Å². The van der Waals surface area contributed by atoms with E-state index in [0.717, 1.165) is 0 Å². The van der Waals surface area contributed by atoms with Crippen molar-refractivity contribution in [2.45, 2.75) is 45.6 Å². The number of hydrogen-bond donors (Lipinski definition) is 1. The van der Waals surface area contributed by atoms with Crippen molar-refractivity contribution < 1.29 is 5.11 Å². The molecule has 1 atom stereocenters. The first-order valence-electron chi connectivity index (χ1n) is 5.78. The maximum Gasteiger partial charge on any atom is 0.0632 e. The van der Waals surface area contributed by atoms with E-state index in [1.165, 1.54) is 16.7 Å². The lowest BCUT2D eigenvalue weighted by molar-refractivity contribution is 0.0807. The third-order valence-corrected chi connectivity index (χ3v) is 2.77. The Hall–Kier alpha value is -1.08. The Morgan fingerprint density at radius 2 is 2.06 bits per heavy atom. The first-order valence-corrected chi connectivity index (χ1v) is 5.78. The fraction of sp³-hybridized carbons (Fsp3) is 0.467. The molecule has 0 aliphatic rings. The van der Waals surface area contributed by atoms with Crippen molar-refractivity contribution in [2.24, 2.45) is 0 Å². The minimum absolute atomic E-state index is 0.331. The molecule has 0 saturated carbocycles. The number of hydrogen-bond acceptors (Lipinski definition) is 1. The van der Waals surface area contributed by atoms with Gasteiger partial charge in [0.2, 0.25) is 0 Å². The van der Waals surface area contributed by atoms with Crippen LogP contribution in [0, 0.1) is 6.92 Å². The van der Waals surface area contributed by atoms with Gasteiger partial charge in [0.1, 0.15) is 0 Å². The molecule has 0 amide bonds. The summed E-state index contributed by atoms with van der Waals surface area (Å²) in [7, 11) is 0. The molecule has 1 aromatic rings. The second-order valence-electron chi connectivity index (χ2n) is 5.22. The number of aryl methyl sites for hydroxylation is 1. The summed E-state index contributed by atoms with van der Waals surface area (Å²) >= 11 is 0. The average molecular weight is 218 g/mol. The van der Waals surface area contributed by atoms with Gasteiger partial charge in [-0.05, 0) is 37.8 Å². The zero-order chi connectivity index (χ0) is 12.3. The first kappa shape index (κ1) is 13.0. The molecule has 0 heterocycles. The highest BCUT2D eigenvalue weighted by Gasteiger charge is 2.17. The van der Waals surface area contributed by atoms with E-state index in [2.05, 4.69) is 38.6 Å². The van der Waals surface area contributed by atoms with Crippen molar-refractivity contribution in [2.75, 3.05) is 0 Å². The zero-order valence-corrected chi connectivity index (χ0v) is 10.7. The highest BCUT2D eigenvalue weighted by atomic mass is 16.3. The first-order chi connectivity index (χ1) is 7.33. The maximum absolute atomic E-state index is 9.92. The lowest BCUT2D eigenvalue weighted by Crippen LogP contribution is -2.23. The van der Waals surface area contributed by atoms with Gasteiger partial charge < -0.3 is 5.11 Å². The summed E-state index contributed by atoms with van der Waals surface area (Å²) < 4.78 is 0. The molecule has 0 saturated heterocycles. The molecule has 0 aromatic heterocycles. The molecule has 0 radical (unpaired) electrons. The van der Waals surface area contributed by atoms with Gasteiger partial charge >= 0.3 is 0 Å². The Kier molecular flexibility index (Phi) is 3.93. The van der Waals surface area contributed by atoms with Gasteiger partial charge in [0.15, 0.2) is 0 Å². The monoisotopic (exact) mass is 218 g/mol. The molecule has 88 valence electrons. The molecule has 1 nitrogen and oxygen atoms in total. The van der Waals surface area contributed by atoms with Crippen LogP contribution >= 0.6 is 0 Å². The van der Waals surface area contributed by atoms with Crippen LogP contribution in [0.4, 0.5) is 0 Å². The van der Waals surface area contributed by atoms with E-state index in [9.17, 15) is 5.11 Å². The van der Waals surface area contributed by atoms with Crippen molar-refractivity contribution >= 4 is 0 Å². The van der Waals surface area contributed by atoms with Gasteiger partial charge in [-0.25, -0.2) is 0 Å². The predicted octanol–water partition coefficient (Wildman–Crippen LogP) is 3.60. The smallest absolute Gasteiger partial charge is 0.0632 e. The number of rotatable bonds is 4. The normalized spacial score (nSPS) is 13.6. The number of aliphatic hydroxyl groups is 1. The van der Waals surface area contributed by atoms with E-state index < -0.39 is 5.60 Å². The summed E-state index contributed by atoms with van der Waals surface area (Å²) in [5.41, 5.74) is 3.06. The number of benzene rings is 1. The summed E-state index contributed by atoms with van der Waals surface area (Å²) in [6, 6.07) is 6.42. The van der Waals surface area contributed by atoms with Crippen molar-refractivity contribution in [3.8, 4) is 0 Å². The Labute approximate surface area is 98.8 Å². The summed E-state index contributed by atoms with van der Waals surface area (Å²) in [5.74, 6) is 0.331. The van der Waals surface area contributed by atoms with Crippen LogP contribution in [0.2, 0.25) is 0 Å². The van der Waals surface area contributed by atoms with Gasteiger partial charge in [-0.3, -0.25) is 0 Å². The summed E-state index contributed by atoms with van der Waals surface area (Å²) in [6.45, 7) is 11.7. The van der Waals surface area contributed by atoms with Gasteiger partial charge in [-0.15, -0.1) is 6.58 Å². The average Bonchev–Trinajstić information content (AvgIpc) is 2.14. The van der Waals surface area contributed by atoms with Gasteiger partial charge in [-0.1, -0.05) is 36.8 Å². The summed E-state index contributed by atoms with van der Waals surface area (Å²) in [5, 5.41) is 9.92. The molecule has 0 spiro atoms. The Morgan fingerprint density at radius 1 is 1.44 bits per heavy atom. The SMILES string of the molecule is C=CC(C)c1ccc(C)cc1CC(C)(C)O. The van der Waals surface area contributed by atoms with E-state index in [-0.39, 0.29) is 0 Å². The topological polar surface area (TPSA) is 20.2 Å². The molecule has 1 N–H and O–H groups in total. The van der Waals surface area contributed by atoms with Gasteiger partial charge in [0, 0.05) is 6.42 Å². The van der Waals surface area contributed by atoms with E-state index in [0.29, 0.717) is 12.3 Å². The van der Waals surface area contributed by atoms with Gasteiger partial charge in [-0.2, -0.15) is 0 Å². The van der Waals surface area contributed by atoms with Crippen LogP contribution in [0.25, 0.3) is 0 Å². The quantitative estimate of drug-likeness (QED) is 0.766. The lowest BCUT2D eigenvalue weighted by Gasteiger charge is -2.21. The molecule has 1 rings (SSSR count). The highest BCUT2D eigenvalue weighted by Crippen LogP contribution is 2.25. The Balaban J connectivity index is 3.13. The maximum atomic E-state index is 9.92. The zero-order valence-electron chi connectivity index (χ0n) is 10.7. The fourth-order valence-electron chi connectivity index (χ4n) is 1.92. The Morgan fingerprint density at radius 3 is 2.56 bits per heavy atom. The molecule has 16 heavy (non-hydrogen) atoms. The predicted molar refractivity (Wildman–Crippen MR) is 69.8 cm³/mol. The van der Waals surface area contributed by atoms with E-state index >= 15 is 0 Å². The van der Waals surface area contributed by atoms with Crippen LogP contribution in [0.15, 0.2) is 30.9 Å². The molecule has 1 aromatic carbocycles. The van der Waals surface area contributed by atoms with Gasteiger partial charge in [0.25, 0.3) is 0 Å². The van der Waals surface area contributed by atoms with Crippen LogP contribution < -0.4 is 0 Å². The van der Waals surface area contributed by atoms with Crippen molar-refractivity contribution in [1.82, 2.24) is 0 Å². The third-order valence-electron chi connectivity index (χ3n) is 2.77. The molecule has 1 heteroatoms. The number of allylic oxidation sites excluding steroid dienone is 1. The van der Waals surface area contributed by atoms with E-state index in [1.807, 2.05) is 19.9 Å². The second-order valence-corrected chi connectivity index (χ2v) is 5.22. The van der Waals surface area contributed by atoms with Crippen LogP contribution in [0.3, 0.4) is 0 Å². The summed E-state index contributed by atoms with van der Waals surface area (Å²) in [6.07, 6.45) is 2.63. The molecule has 0 aliphatic carbocycles. The van der Waals surface area contributed by atoms with Crippen LogP contribution in [0.5, 0.6) is 0 Å². The van der Waals surface area contributed by atoms with E-state index in [4.69, 9.17) is 0 Å². The van der Waals surface area contributed by atoms with E-state index in [1.54, 1.807) is 0 Å². The van der Waals surface area contributed by atoms with Crippen LogP contribution in [-0.4, -0.2) is 10.7 Å². The molecular weight excluding hydrogens is 196 g/mol. The minimum atomic E-state index is -0.663. The van der Waals surface area contributed by atoms with Crippen LogP contribution in [0.1, 0.15) is 43.4 Å². The summed E-state index contributed by atoms with van der Waals surface area (Å²) in [4.78, 5) is 0. The molecule has 0 fully saturated rings. The third kappa shape index (κ3) is 3.49. The largest absolute Gasteiger partial charge is 0.390 e. The molecule has 0 aliphatic heterocycles. The molecular formula is C15H22O. The molecule has 1 unspecified atom stereocenters. The van der Waals surface area contributed by atoms with Gasteiger partial charge in [0.05, 0.1) is 5.60 Å². The Bertz CT molecular complexity index is 372. The van der Waals surface area contributed by atoms with Crippen molar-refractivity contribution in [3.63, 3.8) is 0 Å². The second kappa shape index (κ2) is 4.84. The minimum Gasteiger partial charge on any atom is -0.390 e. The van der Waals surface area contributed by atoms with Crippen LogP contribution in [-0.2, 0) is 6.42 Å².